The molecule has 0 aliphatic heterocycles. The van der Waals surface area contributed by atoms with Gasteiger partial charge in [0.1, 0.15) is 0 Å². The molecular weight excluding hydrogens is 283 g/mol. The highest BCUT2D eigenvalue weighted by Gasteiger charge is 2.38. The van der Waals surface area contributed by atoms with Crippen molar-refractivity contribution in [2.45, 2.75) is 6.18 Å². The largest absolute Gasteiger partial charge is 0.490 e. The summed E-state index contributed by atoms with van der Waals surface area (Å²) in [5, 5.41) is 10.7. The van der Waals surface area contributed by atoms with Crippen molar-refractivity contribution >= 4 is 11.7 Å². The maximum absolute atomic E-state index is 10.6. The third kappa shape index (κ3) is 4.48. The van der Waals surface area contributed by atoms with E-state index < -0.39 is 17.9 Å². The second kappa shape index (κ2) is 5.91. The summed E-state index contributed by atoms with van der Waals surface area (Å²) >= 11 is 0. The van der Waals surface area contributed by atoms with E-state index in [4.69, 9.17) is 15.6 Å². The van der Waals surface area contributed by atoms with Crippen LogP contribution in [0, 0.1) is 0 Å². The molecule has 0 saturated heterocycles. The van der Waals surface area contributed by atoms with E-state index in [9.17, 15) is 18.0 Å². The lowest BCUT2D eigenvalue weighted by Crippen LogP contribution is -2.21. The van der Waals surface area contributed by atoms with Gasteiger partial charge in [-0.05, 0) is 24.3 Å². The minimum absolute atomic E-state index is 0.407. The van der Waals surface area contributed by atoms with Crippen LogP contribution in [0.15, 0.2) is 33.6 Å². The van der Waals surface area contributed by atoms with Gasteiger partial charge in [-0.1, -0.05) is 5.16 Å². The molecule has 20 heavy (non-hydrogen) atoms. The molecule has 0 saturated carbocycles. The SMILES string of the molecule is Nc1ccc(-c2noc(=O)[nH]2)cc1.O=C(O)C(F)(F)F. The lowest BCUT2D eigenvalue weighted by molar-refractivity contribution is -0.192. The summed E-state index contributed by atoms with van der Waals surface area (Å²) in [6.07, 6.45) is -5.08. The first kappa shape index (κ1) is 15.3. The number of halogens is 3. The van der Waals surface area contributed by atoms with Crippen LogP contribution in [0.25, 0.3) is 11.4 Å². The highest BCUT2D eigenvalue weighted by molar-refractivity contribution is 5.73. The van der Waals surface area contributed by atoms with Gasteiger partial charge >= 0.3 is 17.9 Å². The molecule has 0 amide bonds. The van der Waals surface area contributed by atoms with E-state index >= 15 is 0 Å². The van der Waals surface area contributed by atoms with Gasteiger partial charge in [0.2, 0.25) is 0 Å². The third-order valence-corrected chi connectivity index (χ3v) is 1.87. The Balaban J connectivity index is 0.000000246. The van der Waals surface area contributed by atoms with Crippen LogP contribution in [0.3, 0.4) is 0 Å². The highest BCUT2D eigenvalue weighted by Crippen LogP contribution is 2.14. The Kier molecular flexibility index (Phi) is 4.51. The van der Waals surface area contributed by atoms with Crippen LogP contribution in [0.1, 0.15) is 0 Å². The van der Waals surface area contributed by atoms with Gasteiger partial charge in [-0.15, -0.1) is 0 Å². The molecule has 2 rings (SSSR count). The Labute approximate surface area is 108 Å². The lowest BCUT2D eigenvalue weighted by atomic mass is 10.2. The number of aliphatic carboxylic acids is 1. The molecule has 10 heteroatoms. The molecule has 0 aliphatic rings. The molecule has 7 nitrogen and oxygen atoms in total. The molecule has 0 radical (unpaired) electrons. The molecule has 0 fully saturated rings. The molecule has 0 unspecified atom stereocenters. The number of aromatic nitrogens is 2. The van der Waals surface area contributed by atoms with Gasteiger partial charge in [-0.2, -0.15) is 13.2 Å². The number of alkyl halides is 3. The monoisotopic (exact) mass is 291 g/mol. The fourth-order valence-electron chi connectivity index (χ4n) is 0.995. The number of H-pyrrole nitrogens is 1. The lowest BCUT2D eigenvalue weighted by Gasteiger charge is -1.94. The molecule has 108 valence electrons. The number of anilines is 1. The maximum atomic E-state index is 10.6. The summed E-state index contributed by atoms with van der Waals surface area (Å²) in [7, 11) is 0. The van der Waals surface area contributed by atoms with E-state index in [1.807, 2.05) is 0 Å². The minimum atomic E-state index is -5.08. The fraction of sp³-hybridized carbons (Fsp3) is 0.100. The Morgan fingerprint density at radius 2 is 1.80 bits per heavy atom. The van der Waals surface area contributed by atoms with Gasteiger partial charge < -0.3 is 10.8 Å². The van der Waals surface area contributed by atoms with Crippen molar-refractivity contribution in [3.05, 3.63) is 34.8 Å². The molecule has 4 N–H and O–H groups in total. The Hall–Kier alpha value is -2.78. The Morgan fingerprint density at radius 1 is 1.30 bits per heavy atom. The van der Waals surface area contributed by atoms with Crippen LogP contribution in [0.4, 0.5) is 18.9 Å². The predicted molar refractivity (Wildman–Crippen MR) is 60.7 cm³/mol. The van der Waals surface area contributed by atoms with Crippen molar-refractivity contribution in [3.63, 3.8) is 0 Å². The Bertz CT molecular complexity index is 630. The number of nitrogen functional groups attached to an aromatic ring is 1. The molecule has 1 aromatic heterocycles. The first-order valence-corrected chi connectivity index (χ1v) is 4.92. The van der Waals surface area contributed by atoms with E-state index in [-0.39, 0.29) is 0 Å². The van der Waals surface area contributed by atoms with Crippen molar-refractivity contribution in [2.24, 2.45) is 0 Å². The zero-order valence-corrected chi connectivity index (χ0v) is 9.64. The van der Waals surface area contributed by atoms with Gasteiger partial charge in [0.15, 0.2) is 5.82 Å². The number of nitrogens with zero attached hydrogens (tertiary/aromatic N) is 1. The van der Waals surface area contributed by atoms with Crippen molar-refractivity contribution in [1.82, 2.24) is 10.1 Å². The van der Waals surface area contributed by atoms with Crippen LogP contribution < -0.4 is 11.5 Å². The van der Waals surface area contributed by atoms with Crippen LogP contribution in [-0.4, -0.2) is 27.4 Å². The molecule has 0 bridgehead atoms. The molecule has 0 spiro atoms. The molecular formula is C10H8F3N3O4. The number of rotatable bonds is 1. The number of benzene rings is 1. The summed E-state index contributed by atoms with van der Waals surface area (Å²) < 4.78 is 36.1. The number of carboxylic acid groups (broad SMARTS) is 1. The average molecular weight is 291 g/mol. The number of hydrogen-bond donors (Lipinski definition) is 3. The summed E-state index contributed by atoms with van der Waals surface area (Å²) in [5.41, 5.74) is 6.92. The van der Waals surface area contributed by atoms with Crippen LogP contribution in [-0.2, 0) is 4.79 Å². The fourth-order valence-corrected chi connectivity index (χ4v) is 0.995. The molecule has 1 aromatic carbocycles. The topological polar surface area (TPSA) is 122 Å². The van der Waals surface area contributed by atoms with Crippen molar-refractivity contribution in [3.8, 4) is 11.4 Å². The number of nitrogens with two attached hydrogens (primary N) is 1. The van der Waals surface area contributed by atoms with Crippen LogP contribution in [0.5, 0.6) is 0 Å². The second-order valence-corrected chi connectivity index (χ2v) is 3.37. The van der Waals surface area contributed by atoms with Crippen LogP contribution >= 0.6 is 0 Å². The van der Waals surface area contributed by atoms with Crippen molar-refractivity contribution in [1.29, 1.82) is 0 Å². The summed E-state index contributed by atoms with van der Waals surface area (Å²) in [5.74, 6) is -2.91. The summed E-state index contributed by atoms with van der Waals surface area (Å²) in [6.45, 7) is 0. The quantitative estimate of drug-likeness (QED) is 0.679. The zero-order chi connectivity index (χ0) is 15.3. The smallest absolute Gasteiger partial charge is 0.475 e. The zero-order valence-electron chi connectivity index (χ0n) is 9.64. The van der Waals surface area contributed by atoms with E-state index in [0.717, 1.165) is 5.56 Å². The third-order valence-electron chi connectivity index (χ3n) is 1.87. The van der Waals surface area contributed by atoms with Gasteiger partial charge in [0.25, 0.3) is 0 Å². The number of carboxylic acids is 1. The van der Waals surface area contributed by atoms with Crippen molar-refractivity contribution in [2.75, 3.05) is 5.73 Å². The predicted octanol–water partition coefficient (Wildman–Crippen LogP) is 1.25. The van der Waals surface area contributed by atoms with Gasteiger partial charge in [0.05, 0.1) is 0 Å². The minimum Gasteiger partial charge on any atom is -0.475 e. The average Bonchev–Trinajstić information content (AvgIpc) is 2.76. The molecule has 0 atom stereocenters. The standard InChI is InChI=1S/C8H7N3O2.C2HF3O2/c9-6-3-1-5(2-4-6)7-10-8(12)13-11-7;3-2(4,5)1(6)7/h1-4H,9H2,(H,10,11,12);(H,6,7). The van der Waals surface area contributed by atoms with E-state index in [1.165, 1.54) is 0 Å². The van der Waals surface area contributed by atoms with E-state index in [0.29, 0.717) is 11.5 Å². The van der Waals surface area contributed by atoms with E-state index in [1.54, 1.807) is 24.3 Å². The first-order chi connectivity index (χ1) is 9.20. The van der Waals surface area contributed by atoms with Gasteiger partial charge in [-0.3, -0.25) is 9.51 Å². The number of hydrogen-bond acceptors (Lipinski definition) is 5. The number of nitrogens with one attached hydrogen (secondary N) is 1. The first-order valence-electron chi connectivity index (χ1n) is 4.92. The Morgan fingerprint density at radius 3 is 2.15 bits per heavy atom. The van der Waals surface area contributed by atoms with Gasteiger partial charge in [0, 0.05) is 11.3 Å². The normalized spacial score (nSPS) is 10.6. The maximum Gasteiger partial charge on any atom is 0.490 e. The summed E-state index contributed by atoms with van der Waals surface area (Å²) in [6, 6.07) is 6.96. The molecule has 1 heterocycles. The van der Waals surface area contributed by atoms with Gasteiger partial charge in [-0.25, -0.2) is 9.59 Å². The summed E-state index contributed by atoms with van der Waals surface area (Å²) in [4.78, 5) is 22.0. The van der Waals surface area contributed by atoms with Crippen molar-refractivity contribution < 1.29 is 27.6 Å². The van der Waals surface area contributed by atoms with E-state index in [2.05, 4.69) is 14.7 Å². The number of aromatic amines is 1. The second-order valence-electron chi connectivity index (χ2n) is 3.37. The highest BCUT2D eigenvalue weighted by atomic mass is 19.4. The molecule has 2 aromatic rings. The van der Waals surface area contributed by atoms with Crippen LogP contribution in [0.2, 0.25) is 0 Å². The molecule has 0 aliphatic carbocycles. The number of carbonyl (C=O) groups is 1.